The van der Waals surface area contributed by atoms with Crippen LogP contribution in [0.15, 0.2) is 0 Å². The van der Waals surface area contributed by atoms with Gasteiger partial charge >= 0.3 is 5.97 Å². The van der Waals surface area contributed by atoms with Crippen LogP contribution in [-0.2, 0) is 9.53 Å². The first-order chi connectivity index (χ1) is 8.85. The number of esters is 1. The molecular weight excluding hydrogens is 242 g/mol. The second-order valence-corrected chi connectivity index (χ2v) is 5.44. The molecule has 0 bridgehead atoms. The number of hydrogen-bond acceptors (Lipinski definition) is 5. The summed E-state index contributed by atoms with van der Waals surface area (Å²) in [7, 11) is 6.21. The maximum absolute atomic E-state index is 12.0. The number of rotatable bonds is 10. The SMILES string of the molecule is CCNC(C)(CCN(C)CCN(C)C)C(=O)OCC. The van der Waals surface area contributed by atoms with E-state index in [9.17, 15) is 4.79 Å². The third kappa shape index (κ3) is 7.50. The number of likely N-dealkylation sites (N-methyl/N-ethyl adjacent to an activating group) is 3. The van der Waals surface area contributed by atoms with Crippen molar-refractivity contribution in [2.75, 3.05) is 53.9 Å². The zero-order valence-corrected chi connectivity index (χ0v) is 13.5. The largest absolute Gasteiger partial charge is 0.465 e. The molecule has 0 saturated carbocycles. The predicted molar refractivity (Wildman–Crippen MR) is 79.4 cm³/mol. The van der Waals surface area contributed by atoms with Crippen molar-refractivity contribution in [2.45, 2.75) is 32.7 Å². The fourth-order valence-electron chi connectivity index (χ4n) is 1.84. The number of nitrogens with zero attached hydrogens (tertiary/aromatic N) is 2. The van der Waals surface area contributed by atoms with E-state index in [0.29, 0.717) is 6.61 Å². The molecular formula is C14H31N3O2. The molecule has 0 aliphatic heterocycles. The highest BCUT2D eigenvalue weighted by Crippen LogP contribution is 2.13. The first-order valence-electron chi connectivity index (χ1n) is 7.11. The standard InChI is InChI=1S/C14H31N3O2/c1-7-15-14(3,13(18)19-8-2)9-10-17(6)12-11-16(4)5/h15H,7-12H2,1-6H3. The summed E-state index contributed by atoms with van der Waals surface area (Å²) < 4.78 is 5.16. The molecule has 0 aliphatic rings. The average Bonchev–Trinajstić information content (AvgIpc) is 2.34. The van der Waals surface area contributed by atoms with Crippen LogP contribution in [0.3, 0.4) is 0 Å². The van der Waals surface area contributed by atoms with Crippen molar-refractivity contribution in [3.63, 3.8) is 0 Å². The summed E-state index contributed by atoms with van der Waals surface area (Å²) in [6.07, 6.45) is 0.754. The highest BCUT2D eigenvalue weighted by molar-refractivity contribution is 5.80. The molecule has 114 valence electrons. The number of nitrogens with one attached hydrogen (secondary N) is 1. The molecule has 0 aromatic heterocycles. The van der Waals surface area contributed by atoms with Crippen molar-refractivity contribution in [1.29, 1.82) is 0 Å². The zero-order chi connectivity index (χ0) is 14.9. The van der Waals surface area contributed by atoms with Crippen LogP contribution >= 0.6 is 0 Å². The van der Waals surface area contributed by atoms with Gasteiger partial charge < -0.3 is 19.9 Å². The van der Waals surface area contributed by atoms with Crippen molar-refractivity contribution in [3.05, 3.63) is 0 Å². The quantitative estimate of drug-likeness (QED) is 0.597. The summed E-state index contributed by atoms with van der Waals surface area (Å²) in [5, 5.41) is 3.25. The van der Waals surface area contributed by atoms with Crippen LogP contribution in [-0.4, -0.2) is 75.2 Å². The van der Waals surface area contributed by atoms with Gasteiger partial charge in [-0.15, -0.1) is 0 Å². The van der Waals surface area contributed by atoms with Gasteiger partial charge in [-0.25, -0.2) is 0 Å². The van der Waals surface area contributed by atoms with Gasteiger partial charge in [-0.1, -0.05) is 6.92 Å². The second-order valence-electron chi connectivity index (χ2n) is 5.44. The monoisotopic (exact) mass is 273 g/mol. The molecule has 0 radical (unpaired) electrons. The number of hydrogen-bond donors (Lipinski definition) is 1. The Morgan fingerprint density at radius 2 is 1.79 bits per heavy atom. The van der Waals surface area contributed by atoms with Crippen LogP contribution < -0.4 is 5.32 Å². The number of carbonyl (C=O) groups excluding carboxylic acids is 1. The van der Waals surface area contributed by atoms with Gasteiger partial charge in [0.25, 0.3) is 0 Å². The molecule has 0 aromatic carbocycles. The normalized spacial score (nSPS) is 14.7. The van der Waals surface area contributed by atoms with Crippen LogP contribution in [0, 0.1) is 0 Å². The van der Waals surface area contributed by atoms with Crippen LogP contribution in [0.4, 0.5) is 0 Å². The molecule has 1 N–H and O–H groups in total. The topological polar surface area (TPSA) is 44.8 Å². The van der Waals surface area contributed by atoms with Crippen LogP contribution in [0.25, 0.3) is 0 Å². The summed E-state index contributed by atoms with van der Waals surface area (Å²) in [6, 6.07) is 0. The molecule has 0 heterocycles. The highest BCUT2D eigenvalue weighted by atomic mass is 16.5. The average molecular weight is 273 g/mol. The molecule has 5 heteroatoms. The van der Waals surface area contributed by atoms with Crippen LogP contribution in [0.1, 0.15) is 27.2 Å². The van der Waals surface area contributed by atoms with Gasteiger partial charge in [-0.3, -0.25) is 4.79 Å². The molecule has 0 aliphatic carbocycles. The van der Waals surface area contributed by atoms with E-state index < -0.39 is 5.54 Å². The fraction of sp³-hybridized carbons (Fsp3) is 0.929. The molecule has 0 saturated heterocycles. The summed E-state index contributed by atoms with van der Waals surface area (Å²) >= 11 is 0. The molecule has 5 nitrogen and oxygen atoms in total. The zero-order valence-electron chi connectivity index (χ0n) is 13.5. The third-order valence-electron chi connectivity index (χ3n) is 3.22. The number of ether oxygens (including phenoxy) is 1. The van der Waals surface area contributed by atoms with Crippen molar-refractivity contribution >= 4 is 5.97 Å². The maximum atomic E-state index is 12.0. The lowest BCUT2D eigenvalue weighted by Crippen LogP contribution is -2.52. The van der Waals surface area contributed by atoms with E-state index in [1.807, 2.05) is 20.8 Å². The van der Waals surface area contributed by atoms with E-state index in [1.165, 1.54) is 0 Å². The van der Waals surface area contributed by atoms with Gasteiger partial charge in [-0.2, -0.15) is 0 Å². The summed E-state index contributed by atoms with van der Waals surface area (Å²) in [4.78, 5) is 16.4. The summed E-state index contributed by atoms with van der Waals surface area (Å²) in [6.45, 7) is 9.85. The molecule has 0 rings (SSSR count). The maximum Gasteiger partial charge on any atom is 0.326 e. The summed E-state index contributed by atoms with van der Waals surface area (Å²) in [5.74, 6) is -0.155. The van der Waals surface area contributed by atoms with Gasteiger partial charge in [0.2, 0.25) is 0 Å². The predicted octanol–water partition coefficient (Wildman–Crippen LogP) is 0.801. The summed E-state index contributed by atoms with van der Waals surface area (Å²) in [5.41, 5.74) is -0.586. The first kappa shape index (κ1) is 18.4. The Kier molecular flexibility index (Phi) is 8.97. The Morgan fingerprint density at radius 3 is 2.26 bits per heavy atom. The van der Waals surface area contributed by atoms with E-state index in [1.54, 1.807) is 0 Å². The molecule has 0 spiro atoms. The van der Waals surface area contributed by atoms with Crippen LogP contribution in [0.2, 0.25) is 0 Å². The highest BCUT2D eigenvalue weighted by Gasteiger charge is 2.33. The lowest BCUT2D eigenvalue weighted by atomic mass is 9.97. The molecule has 0 amide bonds. The Bertz CT molecular complexity index is 259. The molecule has 19 heavy (non-hydrogen) atoms. The molecule has 0 fully saturated rings. The Labute approximate surface area is 118 Å². The minimum Gasteiger partial charge on any atom is -0.465 e. The lowest BCUT2D eigenvalue weighted by Gasteiger charge is -2.30. The van der Waals surface area contributed by atoms with E-state index >= 15 is 0 Å². The Morgan fingerprint density at radius 1 is 1.16 bits per heavy atom. The fourth-order valence-corrected chi connectivity index (χ4v) is 1.84. The van der Waals surface area contributed by atoms with Gasteiger partial charge in [0.05, 0.1) is 6.61 Å². The van der Waals surface area contributed by atoms with Gasteiger partial charge in [0, 0.05) is 19.6 Å². The van der Waals surface area contributed by atoms with Gasteiger partial charge in [-0.05, 0) is 48.0 Å². The van der Waals surface area contributed by atoms with Crippen molar-refractivity contribution < 1.29 is 9.53 Å². The van der Waals surface area contributed by atoms with Crippen molar-refractivity contribution in [3.8, 4) is 0 Å². The van der Waals surface area contributed by atoms with E-state index in [-0.39, 0.29) is 5.97 Å². The third-order valence-corrected chi connectivity index (χ3v) is 3.22. The Hall–Kier alpha value is -0.650. The van der Waals surface area contributed by atoms with Gasteiger partial charge in [0.1, 0.15) is 5.54 Å². The molecule has 1 atom stereocenters. The first-order valence-corrected chi connectivity index (χ1v) is 7.11. The van der Waals surface area contributed by atoms with Crippen molar-refractivity contribution in [2.24, 2.45) is 0 Å². The second kappa shape index (κ2) is 9.28. The minimum atomic E-state index is -0.586. The van der Waals surface area contributed by atoms with Crippen LogP contribution in [0.5, 0.6) is 0 Å². The van der Waals surface area contributed by atoms with E-state index in [0.717, 1.165) is 32.6 Å². The van der Waals surface area contributed by atoms with Crippen molar-refractivity contribution in [1.82, 2.24) is 15.1 Å². The minimum absolute atomic E-state index is 0.155. The number of carbonyl (C=O) groups is 1. The van der Waals surface area contributed by atoms with E-state index in [4.69, 9.17) is 4.74 Å². The van der Waals surface area contributed by atoms with E-state index in [2.05, 4.69) is 36.3 Å². The molecule has 1 unspecified atom stereocenters. The van der Waals surface area contributed by atoms with Gasteiger partial charge in [0.15, 0.2) is 0 Å². The lowest BCUT2D eigenvalue weighted by molar-refractivity contribution is -0.150. The smallest absolute Gasteiger partial charge is 0.326 e. The Balaban J connectivity index is 4.30. The molecule has 0 aromatic rings.